The van der Waals surface area contributed by atoms with E-state index in [-0.39, 0.29) is 12.4 Å². The van der Waals surface area contributed by atoms with Gasteiger partial charge < -0.3 is 4.90 Å². The molecule has 98 valence electrons. The summed E-state index contributed by atoms with van der Waals surface area (Å²) in [6, 6.07) is 8.77. The predicted molar refractivity (Wildman–Crippen MR) is 75.1 cm³/mol. The molecule has 1 saturated heterocycles. The summed E-state index contributed by atoms with van der Waals surface area (Å²) in [6.07, 6.45) is 4.25. The molecular formula is C15H20ClNO. The van der Waals surface area contributed by atoms with Crippen LogP contribution in [0.4, 0.5) is 0 Å². The van der Waals surface area contributed by atoms with Gasteiger partial charge in [0.05, 0.1) is 0 Å². The summed E-state index contributed by atoms with van der Waals surface area (Å²) in [7, 11) is 1.95. The molecule has 0 spiro atoms. The Labute approximate surface area is 115 Å². The summed E-state index contributed by atoms with van der Waals surface area (Å²) in [4.78, 5) is 13.7. The van der Waals surface area contributed by atoms with E-state index in [1.807, 2.05) is 11.9 Å². The van der Waals surface area contributed by atoms with E-state index in [0.29, 0.717) is 17.7 Å². The van der Waals surface area contributed by atoms with Gasteiger partial charge in [0.2, 0.25) is 5.91 Å². The van der Waals surface area contributed by atoms with Crippen molar-refractivity contribution >= 4 is 18.3 Å². The van der Waals surface area contributed by atoms with Gasteiger partial charge in [0.1, 0.15) is 0 Å². The first-order valence-corrected chi connectivity index (χ1v) is 6.57. The van der Waals surface area contributed by atoms with Crippen molar-refractivity contribution in [1.82, 2.24) is 4.90 Å². The Morgan fingerprint density at radius 2 is 1.89 bits per heavy atom. The second-order valence-corrected chi connectivity index (χ2v) is 5.42. The van der Waals surface area contributed by atoms with E-state index in [0.717, 1.165) is 19.4 Å². The first-order valence-electron chi connectivity index (χ1n) is 6.57. The van der Waals surface area contributed by atoms with Gasteiger partial charge in [-0.2, -0.15) is 0 Å². The molecule has 1 fully saturated rings. The standard InChI is InChI=1S/C15H19NO.ClH/c1-16-10-14-12(8-9-15(16)17)7-6-11-4-2-3-5-13(11)14;/h2-5,12,14H,6-10H2,1H3;1H. The highest BCUT2D eigenvalue weighted by Crippen LogP contribution is 2.40. The SMILES string of the molecule is CN1CC2c3ccccc3CCC2CCC1=O.Cl. The van der Waals surface area contributed by atoms with Crippen molar-refractivity contribution in [2.24, 2.45) is 5.92 Å². The Hall–Kier alpha value is -1.02. The van der Waals surface area contributed by atoms with Crippen LogP contribution in [-0.4, -0.2) is 24.4 Å². The Balaban J connectivity index is 0.00000120. The molecule has 1 amide bonds. The Morgan fingerprint density at radius 3 is 2.72 bits per heavy atom. The number of aryl methyl sites for hydroxylation is 1. The monoisotopic (exact) mass is 265 g/mol. The fourth-order valence-corrected chi connectivity index (χ4v) is 3.41. The van der Waals surface area contributed by atoms with Crippen LogP contribution in [0.5, 0.6) is 0 Å². The lowest BCUT2D eigenvalue weighted by Gasteiger charge is -2.33. The van der Waals surface area contributed by atoms with Crippen molar-refractivity contribution in [2.75, 3.05) is 13.6 Å². The van der Waals surface area contributed by atoms with Crippen molar-refractivity contribution in [3.63, 3.8) is 0 Å². The first kappa shape index (κ1) is 13.4. The van der Waals surface area contributed by atoms with E-state index in [1.54, 1.807) is 0 Å². The molecule has 0 bridgehead atoms. The maximum Gasteiger partial charge on any atom is 0.222 e. The van der Waals surface area contributed by atoms with Gasteiger partial charge in [-0.1, -0.05) is 24.3 Å². The van der Waals surface area contributed by atoms with Gasteiger partial charge in [0.25, 0.3) is 0 Å². The van der Waals surface area contributed by atoms with E-state index >= 15 is 0 Å². The zero-order valence-electron chi connectivity index (χ0n) is 10.8. The maximum atomic E-state index is 11.8. The normalized spacial score (nSPS) is 26.7. The molecule has 1 heterocycles. The van der Waals surface area contributed by atoms with Crippen LogP contribution in [0.15, 0.2) is 24.3 Å². The summed E-state index contributed by atoms with van der Waals surface area (Å²) < 4.78 is 0. The number of benzene rings is 1. The molecule has 0 aromatic heterocycles. The molecular weight excluding hydrogens is 246 g/mol. The van der Waals surface area contributed by atoms with Crippen LogP contribution in [0.3, 0.4) is 0 Å². The number of rotatable bonds is 0. The van der Waals surface area contributed by atoms with Gasteiger partial charge >= 0.3 is 0 Å². The lowest BCUT2D eigenvalue weighted by atomic mass is 9.74. The van der Waals surface area contributed by atoms with E-state index in [2.05, 4.69) is 24.3 Å². The fraction of sp³-hybridized carbons (Fsp3) is 0.533. The number of likely N-dealkylation sites (N-methyl/N-ethyl adjacent to an activating group) is 1. The average Bonchev–Trinajstić information content (AvgIpc) is 2.50. The summed E-state index contributed by atoms with van der Waals surface area (Å²) in [5.74, 6) is 1.59. The van der Waals surface area contributed by atoms with Crippen molar-refractivity contribution in [3.05, 3.63) is 35.4 Å². The smallest absolute Gasteiger partial charge is 0.222 e. The average molecular weight is 266 g/mol. The van der Waals surface area contributed by atoms with Crippen LogP contribution in [0.25, 0.3) is 0 Å². The molecule has 18 heavy (non-hydrogen) atoms. The quantitative estimate of drug-likeness (QED) is 0.706. The van der Waals surface area contributed by atoms with Gasteiger partial charge in [-0.15, -0.1) is 12.4 Å². The number of carbonyl (C=O) groups is 1. The summed E-state index contributed by atoms with van der Waals surface area (Å²) in [5.41, 5.74) is 2.99. The van der Waals surface area contributed by atoms with E-state index in [9.17, 15) is 4.79 Å². The highest BCUT2D eigenvalue weighted by atomic mass is 35.5. The number of carbonyl (C=O) groups excluding carboxylic acids is 1. The lowest BCUT2D eigenvalue weighted by molar-refractivity contribution is -0.129. The van der Waals surface area contributed by atoms with Crippen LogP contribution in [0, 0.1) is 5.92 Å². The zero-order valence-corrected chi connectivity index (χ0v) is 11.6. The zero-order chi connectivity index (χ0) is 11.8. The second kappa shape index (κ2) is 5.31. The van der Waals surface area contributed by atoms with E-state index in [1.165, 1.54) is 24.0 Å². The number of hydrogen-bond donors (Lipinski definition) is 0. The fourth-order valence-electron chi connectivity index (χ4n) is 3.41. The molecule has 0 saturated carbocycles. The largest absolute Gasteiger partial charge is 0.345 e. The molecule has 2 aliphatic rings. The summed E-state index contributed by atoms with van der Waals surface area (Å²) in [6.45, 7) is 0.903. The Kier molecular flexibility index (Phi) is 3.96. The molecule has 0 N–H and O–H groups in total. The highest BCUT2D eigenvalue weighted by Gasteiger charge is 2.33. The topological polar surface area (TPSA) is 20.3 Å². The second-order valence-electron chi connectivity index (χ2n) is 5.42. The number of amides is 1. The molecule has 3 rings (SSSR count). The minimum atomic E-state index is 0. The van der Waals surface area contributed by atoms with Crippen LogP contribution >= 0.6 is 12.4 Å². The molecule has 1 aromatic rings. The third-order valence-corrected chi connectivity index (χ3v) is 4.43. The van der Waals surface area contributed by atoms with Crippen LogP contribution in [0.1, 0.15) is 36.3 Å². The number of nitrogens with zero attached hydrogens (tertiary/aromatic N) is 1. The molecule has 1 aromatic carbocycles. The number of likely N-dealkylation sites (tertiary alicyclic amines) is 1. The van der Waals surface area contributed by atoms with Gasteiger partial charge in [-0.05, 0) is 36.3 Å². The molecule has 2 atom stereocenters. The van der Waals surface area contributed by atoms with Crippen molar-refractivity contribution < 1.29 is 4.79 Å². The highest BCUT2D eigenvalue weighted by molar-refractivity contribution is 5.85. The minimum Gasteiger partial charge on any atom is -0.345 e. The summed E-state index contributed by atoms with van der Waals surface area (Å²) in [5, 5.41) is 0. The predicted octanol–water partition coefficient (Wildman–Crippen LogP) is 3.01. The minimum absolute atomic E-state index is 0. The first-order chi connectivity index (χ1) is 8.25. The third kappa shape index (κ3) is 2.26. The lowest BCUT2D eigenvalue weighted by Crippen LogP contribution is -2.31. The molecule has 0 radical (unpaired) electrons. The number of halogens is 1. The summed E-state index contributed by atoms with van der Waals surface area (Å²) >= 11 is 0. The van der Waals surface area contributed by atoms with E-state index < -0.39 is 0 Å². The van der Waals surface area contributed by atoms with Gasteiger partial charge in [-0.3, -0.25) is 4.79 Å². The molecule has 2 unspecified atom stereocenters. The third-order valence-electron chi connectivity index (χ3n) is 4.43. The van der Waals surface area contributed by atoms with Crippen LogP contribution < -0.4 is 0 Å². The molecule has 2 nitrogen and oxygen atoms in total. The van der Waals surface area contributed by atoms with Crippen molar-refractivity contribution in [2.45, 2.75) is 31.6 Å². The molecule has 3 heteroatoms. The molecule has 1 aliphatic carbocycles. The van der Waals surface area contributed by atoms with Gasteiger partial charge in [0.15, 0.2) is 0 Å². The Bertz CT molecular complexity index is 446. The van der Waals surface area contributed by atoms with Gasteiger partial charge in [-0.25, -0.2) is 0 Å². The van der Waals surface area contributed by atoms with Crippen molar-refractivity contribution in [1.29, 1.82) is 0 Å². The molecule has 1 aliphatic heterocycles. The number of hydrogen-bond acceptors (Lipinski definition) is 1. The van der Waals surface area contributed by atoms with Crippen LogP contribution in [0.2, 0.25) is 0 Å². The number of fused-ring (bicyclic) bond motifs is 3. The van der Waals surface area contributed by atoms with E-state index in [4.69, 9.17) is 0 Å². The Morgan fingerprint density at radius 1 is 1.17 bits per heavy atom. The van der Waals surface area contributed by atoms with Crippen LogP contribution in [-0.2, 0) is 11.2 Å². The van der Waals surface area contributed by atoms with Crippen molar-refractivity contribution in [3.8, 4) is 0 Å². The van der Waals surface area contributed by atoms with Gasteiger partial charge in [0, 0.05) is 25.9 Å². The maximum absolute atomic E-state index is 11.8.